The van der Waals surface area contributed by atoms with Crippen LogP contribution in [0.15, 0.2) is 0 Å². The van der Waals surface area contributed by atoms with Gasteiger partial charge in [0.15, 0.2) is 9.84 Å². The predicted octanol–water partition coefficient (Wildman–Crippen LogP) is 0.675. The predicted molar refractivity (Wildman–Crippen MR) is 48.9 cm³/mol. The van der Waals surface area contributed by atoms with Gasteiger partial charge in [0.05, 0.1) is 5.75 Å². The third-order valence-corrected chi connectivity index (χ3v) is 2.83. The molecule has 0 fully saturated rings. The maximum Gasteiger partial charge on any atom is 0.411 e. The second-order valence-corrected chi connectivity index (χ2v) is 5.97. The van der Waals surface area contributed by atoms with Crippen molar-refractivity contribution in [2.24, 2.45) is 5.73 Å². The fourth-order valence-electron chi connectivity index (χ4n) is 0.893. The van der Waals surface area contributed by atoms with E-state index >= 15 is 0 Å². The molecule has 0 aliphatic rings. The van der Waals surface area contributed by atoms with E-state index in [9.17, 15) is 21.6 Å². The first-order chi connectivity index (χ1) is 6.41. The normalized spacial score (nSPS) is 14.3. The first-order valence-corrected chi connectivity index (χ1v) is 5.87. The number of hydrogen-bond acceptors (Lipinski definition) is 4. The summed E-state index contributed by atoms with van der Waals surface area (Å²) in [7, 11) is -3.71. The Morgan fingerprint density at radius 2 is 1.73 bits per heavy atom. The molecular weight excluding hydrogens is 235 g/mol. The molecule has 8 heteroatoms. The summed E-state index contributed by atoms with van der Waals surface area (Å²) in [6.07, 6.45) is -4.52. The van der Waals surface area contributed by atoms with Crippen molar-refractivity contribution in [1.82, 2.24) is 0 Å². The zero-order chi connectivity index (χ0) is 12.3. The van der Waals surface area contributed by atoms with Crippen molar-refractivity contribution >= 4 is 9.84 Å². The largest absolute Gasteiger partial charge is 0.411 e. The van der Waals surface area contributed by atoms with E-state index in [0.717, 1.165) is 0 Å². The summed E-state index contributed by atoms with van der Waals surface area (Å²) >= 11 is 0. The molecule has 0 rings (SSSR count). The highest BCUT2D eigenvalue weighted by atomic mass is 32.2. The van der Waals surface area contributed by atoms with Crippen LogP contribution in [0.25, 0.3) is 0 Å². The molecule has 92 valence electrons. The number of sulfone groups is 1. The zero-order valence-electron chi connectivity index (χ0n) is 8.47. The van der Waals surface area contributed by atoms with E-state index in [0.29, 0.717) is 0 Å². The highest BCUT2D eigenvalue weighted by Crippen LogP contribution is 2.15. The minimum Gasteiger partial charge on any atom is -0.356 e. The van der Waals surface area contributed by atoms with Gasteiger partial charge in [-0.15, -0.1) is 0 Å². The third-order valence-electron chi connectivity index (χ3n) is 1.12. The van der Waals surface area contributed by atoms with E-state index in [1.807, 2.05) is 0 Å². The Labute approximate surface area is 86.5 Å². The van der Waals surface area contributed by atoms with E-state index in [2.05, 4.69) is 4.74 Å². The second-order valence-electron chi connectivity index (χ2n) is 3.96. The van der Waals surface area contributed by atoms with Gasteiger partial charge >= 0.3 is 6.18 Å². The Morgan fingerprint density at radius 1 is 1.27 bits per heavy atom. The Bertz CT molecular complexity index is 292. The topological polar surface area (TPSA) is 69.4 Å². The zero-order valence-corrected chi connectivity index (χ0v) is 9.28. The SMILES string of the molecule is CC(C)(N)CS(=O)(=O)COCC(F)(F)F. The van der Waals surface area contributed by atoms with Crippen molar-refractivity contribution in [3.63, 3.8) is 0 Å². The van der Waals surface area contributed by atoms with E-state index in [-0.39, 0.29) is 0 Å². The van der Waals surface area contributed by atoms with Crippen LogP contribution in [0.4, 0.5) is 13.2 Å². The molecule has 0 aromatic carbocycles. The molecule has 15 heavy (non-hydrogen) atoms. The Morgan fingerprint density at radius 3 is 2.07 bits per heavy atom. The molecule has 0 spiro atoms. The Kier molecular flexibility index (Phi) is 4.56. The van der Waals surface area contributed by atoms with Crippen LogP contribution < -0.4 is 5.73 Å². The number of rotatable bonds is 5. The summed E-state index contributed by atoms with van der Waals surface area (Å²) in [5.41, 5.74) is 4.44. The summed E-state index contributed by atoms with van der Waals surface area (Å²) in [5, 5.41) is 0. The molecule has 0 amide bonds. The van der Waals surface area contributed by atoms with E-state index in [1.54, 1.807) is 0 Å². The molecule has 0 atom stereocenters. The maximum absolute atomic E-state index is 11.6. The molecule has 0 radical (unpaired) electrons. The molecule has 2 N–H and O–H groups in total. The highest BCUT2D eigenvalue weighted by molar-refractivity contribution is 7.91. The molecule has 0 saturated heterocycles. The lowest BCUT2D eigenvalue weighted by Crippen LogP contribution is -2.41. The van der Waals surface area contributed by atoms with Crippen LogP contribution in [0, 0.1) is 0 Å². The molecule has 0 aromatic heterocycles. The van der Waals surface area contributed by atoms with Crippen molar-refractivity contribution in [2.45, 2.75) is 25.6 Å². The van der Waals surface area contributed by atoms with Crippen molar-refractivity contribution in [1.29, 1.82) is 0 Å². The lowest BCUT2D eigenvalue weighted by molar-refractivity contribution is -0.169. The number of ether oxygens (including phenoxy) is 1. The maximum atomic E-state index is 11.6. The van der Waals surface area contributed by atoms with Crippen molar-refractivity contribution in [3.8, 4) is 0 Å². The van der Waals surface area contributed by atoms with Gasteiger partial charge in [-0.25, -0.2) is 8.42 Å². The molecule has 0 unspecified atom stereocenters. The Balaban J connectivity index is 4.08. The minimum atomic E-state index is -4.52. The second kappa shape index (κ2) is 4.67. The molecule has 4 nitrogen and oxygen atoms in total. The minimum absolute atomic E-state index is 0.419. The van der Waals surface area contributed by atoms with E-state index in [1.165, 1.54) is 13.8 Å². The van der Waals surface area contributed by atoms with Gasteiger partial charge in [0, 0.05) is 5.54 Å². The fourth-order valence-corrected chi connectivity index (χ4v) is 2.45. The fraction of sp³-hybridized carbons (Fsp3) is 1.00. The average Bonchev–Trinajstić information content (AvgIpc) is 1.75. The van der Waals surface area contributed by atoms with Crippen LogP contribution in [0.2, 0.25) is 0 Å². The smallest absolute Gasteiger partial charge is 0.356 e. The molecule has 0 aromatic rings. The van der Waals surface area contributed by atoms with Gasteiger partial charge in [-0.2, -0.15) is 13.2 Å². The number of alkyl halides is 3. The molecular formula is C7H14F3NO3S. The summed E-state index contributed by atoms with van der Waals surface area (Å²) in [4.78, 5) is 0. The first-order valence-electron chi connectivity index (χ1n) is 4.05. The van der Waals surface area contributed by atoms with Crippen LogP contribution in [0.3, 0.4) is 0 Å². The standard InChI is InChI=1S/C7H14F3NO3S/c1-6(2,11)4-15(12,13)5-14-3-7(8,9)10/h3-5,11H2,1-2H3. The third kappa shape index (κ3) is 9.95. The van der Waals surface area contributed by atoms with Crippen LogP contribution in [0.1, 0.15) is 13.8 Å². The lowest BCUT2D eigenvalue weighted by atomic mass is 10.1. The van der Waals surface area contributed by atoms with Crippen LogP contribution in [0.5, 0.6) is 0 Å². The van der Waals surface area contributed by atoms with E-state index in [4.69, 9.17) is 5.73 Å². The number of hydrogen-bond donors (Lipinski definition) is 1. The molecule has 0 aliphatic carbocycles. The van der Waals surface area contributed by atoms with Crippen molar-refractivity contribution in [2.75, 3.05) is 18.3 Å². The van der Waals surface area contributed by atoms with Gasteiger partial charge in [0.25, 0.3) is 0 Å². The monoisotopic (exact) mass is 249 g/mol. The summed E-state index contributed by atoms with van der Waals surface area (Å²) in [6, 6.07) is 0. The first kappa shape index (κ1) is 14.7. The average molecular weight is 249 g/mol. The van der Waals surface area contributed by atoms with Gasteiger partial charge < -0.3 is 10.5 Å². The van der Waals surface area contributed by atoms with Gasteiger partial charge in [0.1, 0.15) is 12.5 Å². The molecule has 0 heterocycles. The van der Waals surface area contributed by atoms with Crippen LogP contribution in [-0.4, -0.2) is 38.4 Å². The molecule has 0 bridgehead atoms. The molecule has 0 aliphatic heterocycles. The van der Waals surface area contributed by atoms with Crippen LogP contribution >= 0.6 is 0 Å². The highest BCUT2D eigenvalue weighted by Gasteiger charge is 2.29. The number of halogens is 3. The summed E-state index contributed by atoms with van der Waals surface area (Å²) in [5.74, 6) is -1.38. The molecule has 0 saturated carbocycles. The Hall–Kier alpha value is -0.340. The summed E-state index contributed by atoms with van der Waals surface area (Å²) < 4.78 is 61.2. The van der Waals surface area contributed by atoms with E-state index < -0.39 is 39.9 Å². The van der Waals surface area contributed by atoms with Crippen molar-refractivity contribution < 1.29 is 26.3 Å². The van der Waals surface area contributed by atoms with Crippen LogP contribution in [-0.2, 0) is 14.6 Å². The van der Waals surface area contributed by atoms with Gasteiger partial charge in [0.2, 0.25) is 0 Å². The van der Waals surface area contributed by atoms with Gasteiger partial charge in [-0.3, -0.25) is 0 Å². The number of nitrogens with two attached hydrogens (primary N) is 1. The lowest BCUT2D eigenvalue weighted by Gasteiger charge is -2.18. The van der Waals surface area contributed by atoms with Gasteiger partial charge in [-0.05, 0) is 13.8 Å². The summed E-state index contributed by atoms with van der Waals surface area (Å²) in [6.45, 7) is 1.36. The van der Waals surface area contributed by atoms with Gasteiger partial charge in [-0.1, -0.05) is 0 Å². The van der Waals surface area contributed by atoms with Crippen molar-refractivity contribution in [3.05, 3.63) is 0 Å². The quantitative estimate of drug-likeness (QED) is 0.777.